The molecule has 0 unspecified atom stereocenters. The molecule has 1 aliphatic rings. The number of sulfonamides is 1. The molecule has 2 aromatic rings. The molecule has 9 heteroatoms. The average Bonchev–Trinajstić information content (AvgIpc) is 2.79. The van der Waals surface area contributed by atoms with Crippen LogP contribution in [0.15, 0.2) is 47.4 Å². The number of methoxy groups -OCH3 is 2. The van der Waals surface area contributed by atoms with E-state index >= 15 is 0 Å². The van der Waals surface area contributed by atoms with Gasteiger partial charge in [0.2, 0.25) is 15.9 Å². The molecule has 168 valence electrons. The van der Waals surface area contributed by atoms with Crippen LogP contribution in [0.4, 0.5) is 4.39 Å². The molecule has 1 heterocycles. The molecule has 1 aliphatic heterocycles. The van der Waals surface area contributed by atoms with Crippen molar-refractivity contribution in [3.05, 3.63) is 53.8 Å². The second-order valence-corrected chi connectivity index (χ2v) is 9.29. The van der Waals surface area contributed by atoms with Crippen LogP contribution < -0.4 is 14.8 Å². The van der Waals surface area contributed by atoms with Gasteiger partial charge in [-0.15, -0.1) is 0 Å². The van der Waals surface area contributed by atoms with Crippen LogP contribution in [0.5, 0.6) is 11.5 Å². The number of piperidine rings is 1. The van der Waals surface area contributed by atoms with Crippen molar-refractivity contribution in [2.45, 2.75) is 24.2 Å². The summed E-state index contributed by atoms with van der Waals surface area (Å²) in [5, 5.41) is 2.94. The molecule has 7 nitrogen and oxygen atoms in total. The van der Waals surface area contributed by atoms with Crippen LogP contribution in [0.3, 0.4) is 0 Å². The number of carbonyl (C=O) groups is 1. The highest BCUT2D eigenvalue weighted by Gasteiger charge is 2.32. The highest BCUT2D eigenvalue weighted by Crippen LogP contribution is 2.26. The lowest BCUT2D eigenvalue weighted by molar-refractivity contribution is -0.126. The first kappa shape index (κ1) is 23.0. The fourth-order valence-electron chi connectivity index (χ4n) is 3.64. The van der Waals surface area contributed by atoms with E-state index in [0.717, 1.165) is 17.7 Å². The number of halogens is 1. The molecule has 0 radical (unpaired) electrons. The summed E-state index contributed by atoms with van der Waals surface area (Å²) in [5.74, 6) is 0.602. The Morgan fingerprint density at radius 3 is 2.39 bits per heavy atom. The lowest BCUT2D eigenvalue weighted by Gasteiger charge is -2.30. The molecule has 3 rings (SSSR count). The van der Waals surface area contributed by atoms with Crippen molar-refractivity contribution in [2.75, 3.05) is 33.9 Å². The maximum Gasteiger partial charge on any atom is 0.243 e. The minimum absolute atomic E-state index is 0.0604. The minimum atomic E-state index is -3.68. The van der Waals surface area contributed by atoms with Crippen LogP contribution in [0.25, 0.3) is 0 Å². The van der Waals surface area contributed by atoms with E-state index in [1.165, 1.54) is 16.4 Å². The van der Waals surface area contributed by atoms with Crippen molar-refractivity contribution in [3.63, 3.8) is 0 Å². The Kier molecular flexibility index (Phi) is 7.50. The zero-order valence-electron chi connectivity index (χ0n) is 17.6. The third-order valence-electron chi connectivity index (χ3n) is 5.46. The molecule has 0 aliphatic carbocycles. The number of amides is 1. The number of hydrogen-bond donors (Lipinski definition) is 1. The molecule has 0 spiro atoms. The van der Waals surface area contributed by atoms with E-state index in [-0.39, 0.29) is 29.8 Å². The summed E-state index contributed by atoms with van der Waals surface area (Å²) in [6.07, 6.45) is 1.49. The van der Waals surface area contributed by atoms with E-state index in [9.17, 15) is 17.6 Å². The second kappa shape index (κ2) is 10.1. The average molecular weight is 451 g/mol. The highest BCUT2D eigenvalue weighted by molar-refractivity contribution is 7.89. The quantitative estimate of drug-likeness (QED) is 0.668. The van der Waals surface area contributed by atoms with Gasteiger partial charge in [0.25, 0.3) is 0 Å². The molecule has 0 atom stereocenters. The van der Waals surface area contributed by atoms with Gasteiger partial charge in [-0.3, -0.25) is 4.79 Å². The van der Waals surface area contributed by atoms with E-state index in [2.05, 4.69) is 5.32 Å². The van der Waals surface area contributed by atoms with Crippen molar-refractivity contribution < 1.29 is 27.1 Å². The molecular formula is C22H27FN2O5S. The Hall–Kier alpha value is -2.65. The Labute approximate surface area is 182 Å². The van der Waals surface area contributed by atoms with Crippen molar-refractivity contribution in [3.8, 4) is 11.5 Å². The number of rotatable bonds is 8. The van der Waals surface area contributed by atoms with Crippen LogP contribution in [0.1, 0.15) is 18.4 Å². The Balaban J connectivity index is 1.50. The maximum absolute atomic E-state index is 13.1. The second-order valence-electron chi connectivity index (χ2n) is 7.35. The summed E-state index contributed by atoms with van der Waals surface area (Å²) < 4.78 is 50.4. The van der Waals surface area contributed by atoms with Crippen LogP contribution in [-0.2, 0) is 21.2 Å². The van der Waals surface area contributed by atoms with Crippen LogP contribution in [0, 0.1) is 11.7 Å². The first-order chi connectivity index (χ1) is 14.8. The molecule has 0 saturated carbocycles. The van der Waals surface area contributed by atoms with Gasteiger partial charge < -0.3 is 14.8 Å². The van der Waals surface area contributed by atoms with Crippen LogP contribution in [0.2, 0.25) is 0 Å². The first-order valence-electron chi connectivity index (χ1n) is 10.1. The molecular weight excluding hydrogens is 423 g/mol. The number of nitrogens with one attached hydrogen (secondary N) is 1. The normalized spacial score (nSPS) is 15.5. The first-order valence-corrected chi connectivity index (χ1v) is 11.5. The summed E-state index contributed by atoms with van der Waals surface area (Å²) >= 11 is 0. The molecule has 0 bridgehead atoms. The van der Waals surface area contributed by atoms with Gasteiger partial charge in [-0.2, -0.15) is 4.31 Å². The lowest BCUT2D eigenvalue weighted by atomic mass is 9.97. The summed E-state index contributed by atoms with van der Waals surface area (Å²) in [6.45, 7) is 0.962. The van der Waals surface area contributed by atoms with Gasteiger partial charge in [-0.25, -0.2) is 12.8 Å². The largest absolute Gasteiger partial charge is 0.497 e. The summed E-state index contributed by atoms with van der Waals surface area (Å²) in [6, 6.07) is 10.3. The zero-order valence-corrected chi connectivity index (χ0v) is 18.5. The van der Waals surface area contributed by atoms with Gasteiger partial charge in [-0.1, -0.05) is 6.07 Å². The van der Waals surface area contributed by atoms with E-state index in [4.69, 9.17) is 9.47 Å². The molecule has 31 heavy (non-hydrogen) atoms. The number of hydrogen-bond acceptors (Lipinski definition) is 5. The van der Waals surface area contributed by atoms with Gasteiger partial charge in [0.15, 0.2) is 0 Å². The van der Waals surface area contributed by atoms with Crippen LogP contribution in [-0.4, -0.2) is 52.5 Å². The van der Waals surface area contributed by atoms with Gasteiger partial charge in [0.1, 0.15) is 17.3 Å². The van der Waals surface area contributed by atoms with Crippen molar-refractivity contribution in [1.82, 2.24) is 9.62 Å². The molecule has 1 amide bonds. The third kappa shape index (κ3) is 5.54. The van der Waals surface area contributed by atoms with E-state index in [1.54, 1.807) is 20.3 Å². The van der Waals surface area contributed by atoms with E-state index in [0.29, 0.717) is 37.3 Å². The van der Waals surface area contributed by atoms with Gasteiger partial charge in [-0.05, 0) is 55.2 Å². The fraction of sp³-hybridized carbons (Fsp3) is 0.409. The van der Waals surface area contributed by atoms with Crippen molar-refractivity contribution >= 4 is 15.9 Å². The van der Waals surface area contributed by atoms with Crippen molar-refractivity contribution in [2.24, 2.45) is 5.92 Å². The predicted octanol–water partition coefficient (Wildman–Crippen LogP) is 2.60. The Bertz CT molecular complexity index is 1000. The monoisotopic (exact) mass is 450 g/mol. The minimum Gasteiger partial charge on any atom is -0.497 e. The maximum atomic E-state index is 13.1. The van der Waals surface area contributed by atoms with Gasteiger partial charge in [0, 0.05) is 31.6 Å². The molecule has 1 fully saturated rings. The zero-order chi connectivity index (χ0) is 22.4. The number of benzene rings is 2. The van der Waals surface area contributed by atoms with Gasteiger partial charge >= 0.3 is 0 Å². The SMILES string of the molecule is COc1ccc(CCNC(=O)C2CCN(S(=O)(=O)c3ccc(F)cc3)CC2)c(OC)c1. The Morgan fingerprint density at radius 2 is 1.77 bits per heavy atom. The standard InChI is InChI=1S/C22H27FN2O5S/c1-29-19-6-3-16(21(15-19)30-2)9-12-24-22(26)17-10-13-25(14-11-17)31(27,28)20-7-4-18(23)5-8-20/h3-8,15,17H,9-14H2,1-2H3,(H,24,26). The topological polar surface area (TPSA) is 84.9 Å². The third-order valence-corrected chi connectivity index (χ3v) is 7.38. The van der Waals surface area contributed by atoms with Gasteiger partial charge in [0.05, 0.1) is 19.1 Å². The number of nitrogens with zero attached hydrogens (tertiary/aromatic N) is 1. The summed E-state index contributed by atoms with van der Waals surface area (Å²) in [4.78, 5) is 12.6. The molecule has 1 saturated heterocycles. The fourth-order valence-corrected chi connectivity index (χ4v) is 5.11. The molecule has 2 aromatic carbocycles. The smallest absolute Gasteiger partial charge is 0.243 e. The van der Waals surface area contributed by atoms with E-state index < -0.39 is 15.8 Å². The van der Waals surface area contributed by atoms with Crippen LogP contribution >= 0.6 is 0 Å². The Morgan fingerprint density at radius 1 is 1.10 bits per heavy atom. The summed E-state index contributed by atoms with van der Waals surface area (Å²) in [5.41, 5.74) is 0.962. The van der Waals surface area contributed by atoms with Crippen molar-refractivity contribution in [1.29, 1.82) is 0 Å². The molecule has 1 N–H and O–H groups in total. The number of carbonyl (C=O) groups excluding carboxylic acids is 1. The lowest BCUT2D eigenvalue weighted by Crippen LogP contribution is -2.43. The number of ether oxygens (including phenoxy) is 2. The summed E-state index contributed by atoms with van der Waals surface area (Å²) in [7, 11) is -0.507. The highest BCUT2D eigenvalue weighted by atomic mass is 32.2. The predicted molar refractivity (Wildman–Crippen MR) is 114 cm³/mol. The molecule has 0 aromatic heterocycles. The van der Waals surface area contributed by atoms with E-state index in [1.807, 2.05) is 12.1 Å².